The number of anilines is 1. The molecular weight excluding hydrogens is 483 g/mol. The molecule has 0 amide bonds. The van der Waals surface area contributed by atoms with Gasteiger partial charge in [0.2, 0.25) is 5.88 Å². The number of hydrogen-bond donors (Lipinski definition) is 3. The van der Waals surface area contributed by atoms with Gasteiger partial charge < -0.3 is 15.3 Å². The van der Waals surface area contributed by atoms with E-state index in [1.807, 2.05) is 49.5 Å². The van der Waals surface area contributed by atoms with E-state index in [1.54, 1.807) is 13.2 Å². The fourth-order valence-corrected chi connectivity index (χ4v) is 5.10. The maximum Gasteiger partial charge on any atom is 0.328 e. The van der Waals surface area contributed by atoms with E-state index in [-0.39, 0.29) is 11.5 Å². The number of allylic oxidation sites excluding steroid dienone is 1. The molecule has 0 spiro atoms. The summed E-state index contributed by atoms with van der Waals surface area (Å²) in [4.78, 5) is 15.5. The Morgan fingerprint density at radius 3 is 2.58 bits per heavy atom. The number of benzene rings is 2. The van der Waals surface area contributed by atoms with Gasteiger partial charge in [0.15, 0.2) is 6.30 Å². The number of aromatic nitrogens is 1. The number of carboxylic acid groups (broad SMARTS) is 1. The third-order valence-electron chi connectivity index (χ3n) is 7.20. The van der Waals surface area contributed by atoms with Crippen molar-refractivity contribution in [1.82, 2.24) is 10.4 Å². The lowest BCUT2D eigenvalue weighted by Crippen LogP contribution is -2.17. The van der Waals surface area contributed by atoms with Gasteiger partial charge in [-0.25, -0.2) is 19.6 Å². The quantitative estimate of drug-likeness (QED) is 0.263. The van der Waals surface area contributed by atoms with Crippen LogP contribution >= 0.6 is 0 Å². The highest BCUT2D eigenvalue weighted by Gasteiger charge is 2.32. The van der Waals surface area contributed by atoms with Crippen molar-refractivity contribution in [3.05, 3.63) is 93.7 Å². The second-order valence-electron chi connectivity index (χ2n) is 9.44. The van der Waals surface area contributed by atoms with E-state index in [0.717, 1.165) is 58.7 Å². The SMILES string of the molecule is COc1cc(C)c(/C(=C(\c2ccc(/C=C/C(=O)O)cc2)c2ccc3c(c2C#N)C(F)NN3)C2CCC2)cn1. The summed E-state index contributed by atoms with van der Waals surface area (Å²) < 4.78 is 20.2. The highest BCUT2D eigenvalue weighted by atomic mass is 19.1. The number of nitrogens with zero attached hydrogens (tertiary/aromatic N) is 2. The van der Waals surface area contributed by atoms with Crippen molar-refractivity contribution in [2.45, 2.75) is 32.5 Å². The molecule has 1 saturated carbocycles. The second-order valence-corrected chi connectivity index (χ2v) is 9.44. The zero-order valence-electron chi connectivity index (χ0n) is 21.1. The van der Waals surface area contributed by atoms with E-state index in [0.29, 0.717) is 22.7 Å². The summed E-state index contributed by atoms with van der Waals surface area (Å²) >= 11 is 0. The van der Waals surface area contributed by atoms with Crippen LogP contribution in [0.5, 0.6) is 5.88 Å². The molecule has 0 bridgehead atoms. The van der Waals surface area contributed by atoms with E-state index >= 15 is 0 Å². The van der Waals surface area contributed by atoms with Crippen LogP contribution in [-0.2, 0) is 4.79 Å². The van der Waals surface area contributed by atoms with Crippen molar-refractivity contribution in [2.75, 3.05) is 12.5 Å². The zero-order chi connectivity index (χ0) is 26.8. The maximum absolute atomic E-state index is 14.9. The molecule has 1 atom stereocenters. The molecule has 3 aromatic rings. The Balaban J connectivity index is 1.80. The number of halogens is 1. The van der Waals surface area contributed by atoms with Crippen LogP contribution in [0, 0.1) is 24.2 Å². The van der Waals surface area contributed by atoms with Gasteiger partial charge in [-0.1, -0.05) is 36.8 Å². The number of carbonyl (C=O) groups is 1. The van der Waals surface area contributed by atoms with Gasteiger partial charge in [0.05, 0.1) is 18.4 Å². The number of pyridine rings is 1. The van der Waals surface area contributed by atoms with Crippen LogP contribution in [0.3, 0.4) is 0 Å². The van der Waals surface area contributed by atoms with Crippen LogP contribution < -0.4 is 15.6 Å². The number of aliphatic carboxylic acids is 1. The molecule has 0 saturated heterocycles. The summed E-state index contributed by atoms with van der Waals surface area (Å²) in [6.45, 7) is 2.01. The van der Waals surface area contributed by atoms with Gasteiger partial charge >= 0.3 is 5.97 Å². The molecule has 8 heteroatoms. The van der Waals surface area contributed by atoms with E-state index in [9.17, 15) is 14.4 Å². The van der Waals surface area contributed by atoms with Gasteiger partial charge in [-0.2, -0.15) is 5.26 Å². The highest BCUT2D eigenvalue weighted by Crippen LogP contribution is 2.48. The minimum absolute atomic E-state index is 0.239. The first-order valence-electron chi connectivity index (χ1n) is 12.4. The highest BCUT2D eigenvalue weighted by molar-refractivity contribution is 6.02. The van der Waals surface area contributed by atoms with Gasteiger partial charge in [0.25, 0.3) is 0 Å². The average Bonchev–Trinajstić information content (AvgIpc) is 3.27. The number of hydrogen-bond acceptors (Lipinski definition) is 6. The second kappa shape index (κ2) is 10.5. The smallest absolute Gasteiger partial charge is 0.328 e. The van der Waals surface area contributed by atoms with Crippen LogP contribution in [0.1, 0.15) is 64.5 Å². The van der Waals surface area contributed by atoms with Gasteiger partial charge in [-0.15, -0.1) is 0 Å². The maximum atomic E-state index is 14.9. The minimum atomic E-state index is -1.51. The Hall–Kier alpha value is -4.48. The number of nitrogens with one attached hydrogen (secondary N) is 2. The summed E-state index contributed by atoms with van der Waals surface area (Å²) in [7, 11) is 1.58. The third-order valence-corrected chi connectivity index (χ3v) is 7.20. The summed E-state index contributed by atoms with van der Waals surface area (Å²) in [6.07, 6.45) is 6.00. The first-order valence-corrected chi connectivity index (χ1v) is 12.4. The van der Waals surface area contributed by atoms with E-state index in [4.69, 9.17) is 9.84 Å². The van der Waals surface area contributed by atoms with Crippen molar-refractivity contribution in [3.63, 3.8) is 0 Å². The number of rotatable bonds is 7. The summed E-state index contributed by atoms with van der Waals surface area (Å²) in [5.41, 5.74) is 12.6. The van der Waals surface area contributed by atoms with Crippen molar-refractivity contribution in [3.8, 4) is 11.9 Å². The van der Waals surface area contributed by atoms with Gasteiger partial charge in [0, 0.05) is 35.0 Å². The van der Waals surface area contributed by atoms with Gasteiger partial charge in [0.1, 0.15) is 6.07 Å². The van der Waals surface area contributed by atoms with E-state index in [1.165, 1.54) is 6.08 Å². The lowest BCUT2D eigenvalue weighted by atomic mass is 9.72. The Morgan fingerprint density at radius 1 is 1.21 bits per heavy atom. The van der Waals surface area contributed by atoms with Crippen LogP contribution in [0.4, 0.5) is 10.1 Å². The number of ether oxygens (including phenoxy) is 1. The molecule has 1 aliphatic heterocycles. The lowest BCUT2D eigenvalue weighted by molar-refractivity contribution is -0.131. The Bertz CT molecular complexity index is 1500. The Labute approximate surface area is 220 Å². The van der Waals surface area contributed by atoms with Crippen molar-refractivity contribution >= 4 is 28.9 Å². The fraction of sp³-hybridized carbons (Fsp3) is 0.233. The van der Waals surface area contributed by atoms with Crippen molar-refractivity contribution < 1.29 is 19.0 Å². The third kappa shape index (κ3) is 4.64. The molecule has 1 aromatic heterocycles. The van der Waals surface area contributed by atoms with Crippen LogP contribution in [0.2, 0.25) is 0 Å². The number of carboxylic acids is 1. The minimum Gasteiger partial charge on any atom is -0.481 e. The molecule has 2 aliphatic rings. The van der Waals surface area contributed by atoms with E-state index < -0.39 is 12.3 Å². The Morgan fingerprint density at radius 2 is 1.97 bits per heavy atom. The Kier molecular flexibility index (Phi) is 6.95. The normalized spacial score (nSPS) is 17.3. The molecule has 2 aromatic carbocycles. The molecule has 2 heterocycles. The van der Waals surface area contributed by atoms with Crippen molar-refractivity contribution in [1.29, 1.82) is 5.26 Å². The summed E-state index contributed by atoms with van der Waals surface area (Å²) in [5.74, 6) is -0.269. The molecule has 1 aliphatic carbocycles. The van der Waals surface area contributed by atoms with Crippen LogP contribution in [-0.4, -0.2) is 23.2 Å². The van der Waals surface area contributed by atoms with Gasteiger partial charge in [-0.3, -0.25) is 0 Å². The molecule has 1 unspecified atom stereocenters. The number of methoxy groups -OCH3 is 1. The summed E-state index contributed by atoms with van der Waals surface area (Å²) in [5, 5.41) is 19.3. The fourth-order valence-electron chi connectivity index (χ4n) is 5.10. The van der Waals surface area contributed by atoms with Gasteiger partial charge in [-0.05, 0) is 65.7 Å². The predicted molar refractivity (Wildman–Crippen MR) is 144 cm³/mol. The van der Waals surface area contributed by atoms with Crippen molar-refractivity contribution in [2.24, 2.45) is 5.92 Å². The zero-order valence-corrected chi connectivity index (χ0v) is 21.1. The molecule has 7 nitrogen and oxygen atoms in total. The summed E-state index contributed by atoms with van der Waals surface area (Å²) in [6, 6.07) is 15.3. The number of fused-ring (bicyclic) bond motifs is 1. The number of aryl methyl sites for hydroxylation is 1. The standard InChI is InChI=1S/C30H27FN4O3/c1-17-14-25(38-2)33-16-23(17)28(19-4-3-5-19)27(20-9-6-18(7-10-20)8-13-26(36)37)21-11-12-24-29(22(21)15-32)30(31)35-34-24/h6-14,16,19,30,34-35H,3-5H2,1-2H3,(H,36,37)/b13-8+,28-27+. The van der Waals surface area contributed by atoms with Crippen LogP contribution in [0.25, 0.3) is 17.2 Å². The lowest BCUT2D eigenvalue weighted by Gasteiger charge is -2.32. The molecule has 192 valence electrons. The number of hydrazine groups is 1. The average molecular weight is 511 g/mol. The molecule has 1 fully saturated rings. The topological polar surface area (TPSA) is 107 Å². The molecule has 38 heavy (non-hydrogen) atoms. The number of nitriles is 1. The first kappa shape index (κ1) is 25.2. The molecule has 5 rings (SSSR count). The van der Waals surface area contributed by atoms with E-state index in [2.05, 4.69) is 21.9 Å². The largest absolute Gasteiger partial charge is 0.481 e. The molecule has 0 radical (unpaired) electrons. The molecular formula is C30H27FN4O3. The molecule has 3 N–H and O–H groups in total. The predicted octanol–water partition coefficient (Wildman–Crippen LogP) is 6.03. The van der Waals surface area contributed by atoms with Crippen LogP contribution in [0.15, 0.2) is 54.7 Å². The number of alkyl halides is 1. The monoisotopic (exact) mass is 510 g/mol. The first-order chi connectivity index (χ1) is 18.4.